The molecule has 1 heterocycles. The Balaban J connectivity index is 2.65. The molecule has 4 heteroatoms. The second-order valence-electron chi connectivity index (χ2n) is 3.94. The van der Waals surface area contributed by atoms with Gasteiger partial charge in [0.05, 0.1) is 13.0 Å². The zero-order valence-electron chi connectivity index (χ0n) is 10.2. The number of pyridine rings is 1. The zero-order chi connectivity index (χ0) is 12.1. The molecule has 16 heavy (non-hydrogen) atoms. The zero-order valence-corrected chi connectivity index (χ0v) is 10.2. The summed E-state index contributed by atoms with van der Waals surface area (Å²) in [5.41, 5.74) is 0.968. The highest BCUT2D eigenvalue weighted by Gasteiger charge is 2.16. The number of aromatic nitrogens is 1. The molecule has 0 aliphatic carbocycles. The third-order valence-electron chi connectivity index (χ3n) is 2.42. The molecule has 0 amide bonds. The summed E-state index contributed by atoms with van der Waals surface area (Å²) in [5, 5.41) is 0. The summed E-state index contributed by atoms with van der Waals surface area (Å²) in [4.78, 5) is 17.6. The lowest BCUT2D eigenvalue weighted by atomic mass is 10.2. The molecule has 88 valence electrons. The molecule has 1 aromatic rings. The van der Waals surface area contributed by atoms with Crippen molar-refractivity contribution in [2.45, 2.75) is 13.8 Å². The van der Waals surface area contributed by atoms with E-state index in [4.69, 9.17) is 0 Å². The largest absolute Gasteiger partial charge is 0.469 e. The normalized spacial score (nSPS) is 12.0. The molecule has 0 spiro atoms. The summed E-state index contributed by atoms with van der Waals surface area (Å²) in [6, 6.07) is 5.83. The predicted octanol–water partition coefficient (Wildman–Crippen LogP) is 1.64. The van der Waals surface area contributed by atoms with Gasteiger partial charge in [-0.3, -0.25) is 4.79 Å². The number of ether oxygens (including phenoxy) is 1. The number of esters is 1. The van der Waals surface area contributed by atoms with Crippen LogP contribution in [0.15, 0.2) is 18.2 Å². The highest BCUT2D eigenvalue weighted by atomic mass is 16.5. The molecule has 0 aromatic carbocycles. The third-order valence-corrected chi connectivity index (χ3v) is 2.42. The number of hydrogen-bond donors (Lipinski definition) is 0. The molecule has 1 rings (SSSR count). The van der Waals surface area contributed by atoms with E-state index in [9.17, 15) is 4.79 Å². The first-order valence-corrected chi connectivity index (χ1v) is 5.27. The second-order valence-corrected chi connectivity index (χ2v) is 3.94. The molecule has 1 atom stereocenters. The van der Waals surface area contributed by atoms with Gasteiger partial charge < -0.3 is 9.64 Å². The maximum absolute atomic E-state index is 11.3. The van der Waals surface area contributed by atoms with E-state index in [0.717, 1.165) is 11.5 Å². The molecular weight excluding hydrogens is 204 g/mol. The summed E-state index contributed by atoms with van der Waals surface area (Å²) in [6.45, 7) is 4.39. The van der Waals surface area contributed by atoms with Crippen LogP contribution in [0.5, 0.6) is 0 Å². The molecule has 1 aromatic heterocycles. The molecule has 0 aliphatic rings. The maximum atomic E-state index is 11.3. The number of methoxy groups -OCH3 is 1. The molecule has 0 fully saturated rings. The van der Waals surface area contributed by atoms with Crippen LogP contribution < -0.4 is 4.90 Å². The quantitative estimate of drug-likeness (QED) is 0.726. The first kappa shape index (κ1) is 12.5. The lowest BCUT2D eigenvalue weighted by molar-refractivity contribution is -0.144. The molecule has 1 unspecified atom stereocenters. The molecule has 0 aliphatic heterocycles. The van der Waals surface area contributed by atoms with Gasteiger partial charge in [-0.25, -0.2) is 4.98 Å². The molecule has 0 saturated heterocycles. The van der Waals surface area contributed by atoms with Crippen molar-refractivity contribution < 1.29 is 9.53 Å². The van der Waals surface area contributed by atoms with Crippen LogP contribution in [0.4, 0.5) is 5.82 Å². The van der Waals surface area contributed by atoms with Crippen LogP contribution in [0, 0.1) is 12.8 Å². The fourth-order valence-electron chi connectivity index (χ4n) is 1.52. The van der Waals surface area contributed by atoms with Gasteiger partial charge in [-0.15, -0.1) is 0 Å². The number of rotatable bonds is 4. The van der Waals surface area contributed by atoms with Gasteiger partial charge in [0.2, 0.25) is 0 Å². The van der Waals surface area contributed by atoms with Crippen molar-refractivity contribution in [3.05, 3.63) is 23.9 Å². The Labute approximate surface area is 96.2 Å². The fourth-order valence-corrected chi connectivity index (χ4v) is 1.52. The molecule has 0 radical (unpaired) electrons. The first-order valence-electron chi connectivity index (χ1n) is 5.27. The lowest BCUT2D eigenvalue weighted by Crippen LogP contribution is -2.29. The van der Waals surface area contributed by atoms with Gasteiger partial charge in [0, 0.05) is 19.3 Å². The van der Waals surface area contributed by atoms with E-state index in [0.29, 0.717) is 6.54 Å². The Bertz CT molecular complexity index is 366. The van der Waals surface area contributed by atoms with Crippen LogP contribution >= 0.6 is 0 Å². The van der Waals surface area contributed by atoms with E-state index < -0.39 is 0 Å². The van der Waals surface area contributed by atoms with E-state index in [1.807, 2.05) is 44.0 Å². The monoisotopic (exact) mass is 222 g/mol. The van der Waals surface area contributed by atoms with Crippen molar-refractivity contribution in [3.8, 4) is 0 Å². The molecule has 4 nitrogen and oxygen atoms in total. The Kier molecular flexibility index (Phi) is 4.28. The average molecular weight is 222 g/mol. The van der Waals surface area contributed by atoms with Crippen LogP contribution in [-0.2, 0) is 9.53 Å². The first-order chi connectivity index (χ1) is 7.54. The topological polar surface area (TPSA) is 42.4 Å². The number of hydrogen-bond acceptors (Lipinski definition) is 4. The molecule has 0 saturated carbocycles. The van der Waals surface area contributed by atoms with Crippen molar-refractivity contribution in [2.75, 3.05) is 25.6 Å². The second kappa shape index (κ2) is 5.49. The number of carbonyl (C=O) groups excluding carboxylic acids is 1. The van der Waals surface area contributed by atoms with Crippen molar-refractivity contribution in [2.24, 2.45) is 5.92 Å². The predicted molar refractivity (Wildman–Crippen MR) is 63.4 cm³/mol. The summed E-state index contributed by atoms with van der Waals surface area (Å²) in [7, 11) is 3.32. The molecule has 0 N–H and O–H groups in total. The number of nitrogens with zero attached hydrogens (tertiary/aromatic N) is 2. The van der Waals surface area contributed by atoms with Crippen LogP contribution in [0.25, 0.3) is 0 Å². The average Bonchev–Trinajstić information content (AvgIpc) is 2.27. The van der Waals surface area contributed by atoms with E-state index in [1.54, 1.807) is 0 Å². The number of anilines is 1. The lowest BCUT2D eigenvalue weighted by Gasteiger charge is -2.21. The Morgan fingerprint density at radius 1 is 1.56 bits per heavy atom. The smallest absolute Gasteiger partial charge is 0.310 e. The minimum Gasteiger partial charge on any atom is -0.469 e. The SMILES string of the molecule is COC(=O)C(C)CN(C)c1cccc(C)n1. The van der Waals surface area contributed by atoms with Gasteiger partial charge in [-0.05, 0) is 19.1 Å². The maximum Gasteiger partial charge on any atom is 0.310 e. The van der Waals surface area contributed by atoms with Gasteiger partial charge in [0.15, 0.2) is 0 Å². The standard InChI is InChI=1S/C12H18N2O2/c1-9(12(15)16-4)8-14(3)11-7-5-6-10(2)13-11/h5-7,9H,8H2,1-4H3. The Morgan fingerprint density at radius 2 is 2.25 bits per heavy atom. The summed E-state index contributed by atoms with van der Waals surface area (Å²) < 4.78 is 4.69. The van der Waals surface area contributed by atoms with E-state index >= 15 is 0 Å². The number of aryl methyl sites for hydroxylation is 1. The van der Waals surface area contributed by atoms with E-state index in [1.165, 1.54) is 7.11 Å². The van der Waals surface area contributed by atoms with Crippen molar-refractivity contribution in [3.63, 3.8) is 0 Å². The summed E-state index contributed by atoms with van der Waals surface area (Å²) >= 11 is 0. The van der Waals surface area contributed by atoms with Crippen LogP contribution in [0.1, 0.15) is 12.6 Å². The Morgan fingerprint density at radius 3 is 2.81 bits per heavy atom. The van der Waals surface area contributed by atoms with Crippen molar-refractivity contribution in [1.29, 1.82) is 0 Å². The van der Waals surface area contributed by atoms with Gasteiger partial charge in [-0.1, -0.05) is 13.0 Å². The molecular formula is C12H18N2O2. The summed E-state index contributed by atoms with van der Waals surface area (Å²) in [6.07, 6.45) is 0. The van der Waals surface area contributed by atoms with E-state index in [2.05, 4.69) is 9.72 Å². The third kappa shape index (κ3) is 3.22. The van der Waals surface area contributed by atoms with Crippen LogP contribution in [0.2, 0.25) is 0 Å². The van der Waals surface area contributed by atoms with E-state index in [-0.39, 0.29) is 11.9 Å². The fraction of sp³-hybridized carbons (Fsp3) is 0.500. The highest BCUT2D eigenvalue weighted by Crippen LogP contribution is 2.11. The number of carbonyl (C=O) groups is 1. The summed E-state index contributed by atoms with van der Waals surface area (Å²) in [5.74, 6) is 0.521. The van der Waals surface area contributed by atoms with Crippen molar-refractivity contribution in [1.82, 2.24) is 4.98 Å². The minimum absolute atomic E-state index is 0.155. The van der Waals surface area contributed by atoms with Gasteiger partial charge in [0.25, 0.3) is 0 Å². The highest BCUT2D eigenvalue weighted by molar-refractivity contribution is 5.72. The van der Waals surface area contributed by atoms with Gasteiger partial charge in [0.1, 0.15) is 5.82 Å². The van der Waals surface area contributed by atoms with Crippen molar-refractivity contribution >= 4 is 11.8 Å². The Hall–Kier alpha value is -1.58. The molecule has 0 bridgehead atoms. The van der Waals surface area contributed by atoms with Gasteiger partial charge >= 0.3 is 5.97 Å². The minimum atomic E-state index is -0.195. The van der Waals surface area contributed by atoms with Gasteiger partial charge in [-0.2, -0.15) is 0 Å². The van der Waals surface area contributed by atoms with Crippen LogP contribution in [-0.4, -0.2) is 31.7 Å². The van der Waals surface area contributed by atoms with Crippen LogP contribution in [0.3, 0.4) is 0 Å².